The largest absolute Gasteiger partial charge is 0.348 e. The molecule has 0 aromatic heterocycles. The van der Waals surface area contributed by atoms with E-state index in [1.54, 1.807) is 12.1 Å². The number of sulfonamides is 1. The van der Waals surface area contributed by atoms with E-state index in [1.165, 1.54) is 24.3 Å². The molecule has 0 bridgehead atoms. The van der Waals surface area contributed by atoms with Crippen molar-refractivity contribution in [3.63, 3.8) is 0 Å². The molecule has 3 rings (SSSR count). The minimum Gasteiger partial charge on any atom is -0.348 e. The van der Waals surface area contributed by atoms with Crippen molar-refractivity contribution in [3.8, 4) is 0 Å². The van der Waals surface area contributed by atoms with E-state index in [-0.39, 0.29) is 10.8 Å². The molecule has 0 unspecified atom stereocenters. The maximum absolute atomic E-state index is 13.0. The molecule has 0 saturated heterocycles. The van der Waals surface area contributed by atoms with Gasteiger partial charge < -0.3 is 10.2 Å². The number of rotatable bonds is 8. The lowest BCUT2D eigenvalue weighted by Crippen LogP contribution is -2.24. The summed E-state index contributed by atoms with van der Waals surface area (Å²) >= 11 is 0. The number of nitrogens with zero attached hydrogens (tertiary/aromatic N) is 1. The fourth-order valence-electron chi connectivity index (χ4n) is 3.02. The van der Waals surface area contributed by atoms with E-state index in [4.69, 9.17) is 0 Å². The van der Waals surface area contributed by atoms with Gasteiger partial charge in [-0.25, -0.2) is 12.8 Å². The Bertz CT molecular complexity index is 1150. The molecule has 0 saturated carbocycles. The molecule has 0 heterocycles. The van der Waals surface area contributed by atoms with Crippen molar-refractivity contribution in [3.05, 3.63) is 95.3 Å². The summed E-state index contributed by atoms with van der Waals surface area (Å²) in [7, 11) is 0.129. The second kappa shape index (κ2) is 9.72. The van der Waals surface area contributed by atoms with Crippen LogP contribution in [0.2, 0.25) is 0 Å². The van der Waals surface area contributed by atoms with Crippen LogP contribution in [0, 0.1) is 5.82 Å². The Kier molecular flexibility index (Phi) is 7.04. The van der Waals surface area contributed by atoms with Gasteiger partial charge in [0, 0.05) is 24.3 Å². The molecular formula is C23H24FN3O3S. The van der Waals surface area contributed by atoms with Crippen LogP contribution in [0.1, 0.15) is 21.5 Å². The number of hydrogen-bond donors (Lipinski definition) is 2. The van der Waals surface area contributed by atoms with E-state index in [1.807, 2.05) is 38.4 Å². The number of hydrogen-bond acceptors (Lipinski definition) is 4. The highest BCUT2D eigenvalue weighted by atomic mass is 32.2. The molecule has 0 aliphatic carbocycles. The first-order valence-corrected chi connectivity index (χ1v) is 11.1. The molecule has 0 atom stereocenters. The van der Waals surface area contributed by atoms with Gasteiger partial charge in [0.05, 0.1) is 4.90 Å². The zero-order valence-corrected chi connectivity index (χ0v) is 18.1. The molecule has 8 heteroatoms. The maximum Gasteiger partial charge on any atom is 0.261 e. The van der Waals surface area contributed by atoms with Crippen molar-refractivity contribution in [2.24, 2.45) is 0 Å². The van der Waals surface area contributed by atoms with Gasteiger partial charge in [0.25, 0.3) is 15.9 Å². The third-order valence-corrected chi connectivity index (χ3v) is 5.96. The number of carbonyl (C=O) groups excluding carboxylic acids is 1. The standard InChI is InChI=1S/C23H24FN3O3S/c1-27(2)16-19-6-4-3-5-18(19)15-25-23(28)17-7-11-21(12-8-17)26-31(29,30)22-13-9-20(24)10-14-22/h3-14,26H,15-16H2,1-2H3,(H,25,28). The molecular weight excluding hydrogens is 417 g/mol. The van der Waals surface area contributed by atoms with Gasteiger partial charge in [0.2, 0.25) is 0 Å². The highest BCUT2D eigenvalue weighted by Crippen LogP contribution is 2.17. The minimum atomic E-state index is -3.85. The van der Waals surface area contributed by atoms with Gasteiger partial charge >= 0.3 is 0 Å². The third-order valence-electron chi connectivity index (χ3n) is 4.57. The zero-order valence-electron chi connectivity index (χ0n) is 17.3. The predicted octanol–water partition coefficient (Wildman–Crippen LogP) is 3.62. The summed E-state index contributed by atoms with van der Waals surface area (Å²) in [5, 5.41) is 2.90. The first-order valence-electron chi connectivity index (χ1n) is 9.63. The normalized spacial score (nSPS) is 11.4. The molecule has 3 aromatic rings. The van der Waals surface area contributed by atoms with Crippen LogP contribution in [0.25, 0.3) is 0 Å². The van der Waals surface area contributed by atoms with Gasteiger partial charge in [0.15, 0.2) is 0 Å². The van der Waals surface area contributed by atoms with Gasteiger partial charge in [-0.15, -0.1) is 0 Å². The van der Waals surface area contributed by atoms with E-state index >= 15 is 0 Å². The van der Waals surface area contributed by atoms with Crippen LogP contribution in [-0.2, 0) is 23.1 Å². The zero-order chi connectivity index (χ0) is 22.4. The van der Waals surface area contributed by atoms with Crippen LogP contribution >= 0.6 is 0 Å². The highest BCUT2D eigenvalue weighted by molar-refractivity contribution is 7.92. The minimum absolute atomic E-state index is 0.0490. The van der Waals surface area contributed by atoms with Gasteiger partial charge in [-0.2, -0.15) is 0 Å². The van der Waals surface area contributed by atoms with Crippen LogP contribution in [0.5, 0.6) is 0 Å². The van der Waals surface area contributed by atoms with Crippen molar-refractivity contribution < 1.29 is 17.6 Å². The second-order valence-corrected chi connectivity index (χ2v) is 9.01. The molecule has 0 spiro atoms. The van der Waals surface area contributed by atoms with Crippen molar-refractivity contribution in [2.75, 3.05) is 18.8 Å². The van der Waals surface area contributed by atoms with Gasteiger partial charge in [0.1, 0.15) is 5.82 Å². The Hall–Kier alpha value is -3.23. The summed E-state index contributed by atoms with van der Waals surface area (Å²) in [6.07, 6.45) is 0. The summed E-state index contributed by atoms with van der Waals surface area (Å²) in [6.45, 7) is 1.16. The van der Waals surface area contributed by atoms with Gasteiger partial charge in [-0.1, -0.05) is 24.3 Å². The number of carbonyl (C=O) groups is 1. The van der Waals surface area contributed by atoms with Gasteiger partial charge in [-0.05, 0) is 73.8 Å². The first kappa shape index (κ1) is 22.5. The van der Waals surface area contributed by atoms with E-state index in [9.17, 15) is 17.6 Å². The fraction of sp³-hybridized carbons (Fsp3) is 0.174. The molecule has 0 fully saturated rings. The molecule has 1 amide bonds. The summed E-state index contributed by atoms with van der Waals surface area (Å²) < 4.78 is 40.2. The summed E-state index contributed by atoms with van der Waals surface area (Å²) in [6, 6.07) is 18.6. The van der Waals surface area contributed by atoms with E-state index in [0.717, 1.165) is 29.8 Å². The highest BCUT2D eigenvalue weighted by Gasteiger charge is 2.15. The van der Waals surface area contributed by atoms with Crippen molar-refractivity contribution in [1.82, 2.24) is 10.2 Å². The Labute approximate surface area is 181 Å². The molecule has 31 heavy (non-hydrogen) atoms. The van der Waals surface area contributed by atoms with Crippen molar-refractivity contribution in [1.29, 1.82) is 0 Å². The Morgan fingerprint density at radius 1 is 0.903 bits per heavy atom. The van der Waals surface area contributed by atoms with Crippen LogP contribution < -0.4 is 10.0 Å². The third kappa shape index (κ3) is 6.13. The monoisotopic (exact) mass is 441 g/mol. The Morgan fingerprint density at radius 3 is 2.13 bits per heavy atom. The molecule has 3 aromatic carbocycles. The molecule has 162 valence electrons. The Morgan fingerprint density at radius 2 is 1.52 bits per heavy atom. The van der Waals surface area contributed by atoms with E-state index < -0.39 is 15.8 Å². The maximum atomic E-state index is 13.0. The SMILES string of the molecule is CN(C)Cc1ccccc1CNC(=O)c1ccc(NS(=O)(=O)c2ccc(F)cc2)cc1. The Balaban J connectivity index is 1.64. The number of benzene rings is 3. The average Bonchev–Trinajstić information content (AvgIpc) is 2.73. The predicted molar refractivity (Wildman–Crippen MR) is 119 cm³/mol. The second-order valence-electron chi connectivity index (χ2n) is 7.33. The number of anilines is 1. The summed E-state index contributed by atoms with van der Waals surface area (Å²) in [5.74, 6) is -0.772. The van der Waals surface area contributed by atoms with Crippen LogP contribution in [0.3, 0.4) is 0 Å². The smallest absolute Gasteiger partial charge is 0.261 e. The van der Waals surface area contributed by atoms with E-state index in [0.29, 0.717) is 17.8 Å². The fourth-order valence-corrected chi connectivity index (χ4v) is 4.08. The van der Waals surface area contributed by atoms with Gasteiger partial charge in [-0.3, -0.25) is 9.52 Å². The van der Waals surface area contributed by atoms with Crippen molar-refractivity contribution in [2.45, 2.75) is 18.0 Å². The molecule has 0 radical (unpaired) electrons. The summed E-state index contributed by atoms with van der Waals surface area (Å²) in [4.78, 5) is 14.5. The topological polar surface area (TPSA) is 78.5 Å². The molecule has 6 nitrogen and oxygen atoms in total. The summed E-state index contributed by atoms with van der Waals surface area (Å²) in [5.41, 5.74) is 2.89. The molecule has 0 aliphatic rings. The van der Waals surface area contributed by atoms with E-state index in [2.05, 4.69) is 14.9 Å². The number of nitrogens with one attached hydrogen (secondary N) is 2. The average molecular weight is 442 g/mol. The lowest BCUT2D eigenvalue weighted by molar-refractivity contribution is 0.0951. The molecule has 0 aliphatic heterocycles. The number of amides is 1. The number of halogens is 1. The quantitative estimate of drug-likeness (QED) is 0.560. The first-order chi connectivity index (χ1) is 14.7. The lowest BCUT2D eigenvalue weighted by atomic mass is 10.1. The van der Waals surface area contributed by atoms with Crippen molar-refractivity contribution >= 4 is 21.6 Å². The van der Waals surface area contributed by atoms with Crippen LogP contribution in [0.15, 0.2) is 77.7 Å². The van der Waals surface area contributed by atoms with Crippen LogP contribution in [0.4, 0.5) is 10.1 Å². The lowest BCUT2D eigenvalue weighted by Gasteiger charge is -2.15. The van der Waals surface area contributed by atoms with Crippen LogP contribution in [-0.4, -0.2) is 33.3 Å². The molecule has 2 N–H and O–H groups in total.